The lowest BCUT2D eigenvalue weighted by Crippen LogP contribution is -2.38. The molecular weight excluding hydrogens is 541 g/mol. The molecule has 0 aliphatic carbocycles. The number of rotatable bonds is 9. The largest absolute Gasteiger partial charge is 0.325 e. The zero-order valence-corrected chi connectivity index (χ0v) is 22.8. The topological polar surface area (TPSA) is 113 Å². The number of aryl methyl sites for hydroxylation is 2. The number of hydrogen-bond acceptors (Lipinski definition) is 5. The van der Waals surface area contributed by atoms with Crippen LogP contribution >= 0.6 is 0 Å². The van der Waals surface area contributed by atoms with E-state index in [9.17, 15) is 26.0 Å². The Morgan fingerprint density at radius 2 is 1.44 bits per heavy atom. The first-order valence-electron chi connectivity index (χ1n) is 11.8. The number of amides is 1. The van der Waals surface area contributed by atoms with E-state index in [-0.39, 0.29) is 21.2 Å². The predicted octanol–water partition coefficient (Wildman–Crippen LogP) is 5.08. The first kappa shape index (κ1) is 27.8. The molecule has 0 fully saturated rings. The van der Waals surface area contributed by atoms with Crippen molar-refractivity contribution in [2.75, 3.05) is 20.9 Å². The zero-order chi connectivity index (χ0) is 28.2. The highest BCUT2D eigenvalue weighted by Gasteiger charge is 2.29. The van der Waals surface area contributed by atoms with Gasteiger partial charge in [-0.15, -0.1) is 0 Å². The lowest BCUT2D eigenvalue weighted by molar-refractivity contribution is -0.114. The molecule has 8 nitrogen and oxygen atoms in total. The minimum atomic E-state index is -4.28. The van der Waals surface area contributed by atoms with Crippen LogP contribution in [0.4, 0.5) is 21.5 Å². The molecule has 11 heteroatoms. The lowest BCUT2D eigenvalue weighted by atomic mass is 10.1. The Morgan fingerprint density at radius 1 is 0.795 bits per heavy atom. The fraction of sp³-hybridized carbons (Fsp3) is 0.107. The third-order valence-electron chi connectivity index (χ3n) is 5.83. The Bertz CT molecular complexity index is 1710. The molecule has 0 bridgehead atoms. The summed E-state index contributed by atoms with van der Waals surface area (Å²) in [6.07, 6.45) is 0. The van der Waals surface area contributed by atoms with Gasteiger partial charge in [0.25, 0.3) is 20.0 Å². The van der Waals surface area contributed by atoms with Crippen LogP contribution in [0.15, 0.2) is 107 Å². The normalized spacial score (nSPS) is 11.6. The highest BCUT2D eigenvalue weighted by molar-refractivity contribution is 7.93. The minimum Gasteiger partial charge on any atom is -0.325 e. The third kappa shape index (κ3) is 6.44. The third-order valence-corrected chi connectivity index (χ3v) is 8.98. The Morgan fingerprint density at radius 3 is 2.10 bits per heavy atom. The van der Waals surface area contributed by atoms with Crippen LogP contribution in [-0.4, -0.2) is 29.3 Å². The first-order valence-corrected chi connectivity index (χ1v) is 14.7. The number of para-hydroxylation sites is 1. The maximum atomic E-state index is 14.6. The van der Waals surface area contributed by atoms with Crippen molar-refractivity contribution in [3.05, 3.63) is 114 Å². The molecule has 0 spiro atoms. The van der Waals surface area contributed by atoms with Crippen LogP contribution < -0.4 is 14.3 Å². The molecule has 0 saturated heterocycles. The monoisotopic (exact) mass is 567 g/mol. The van der Waals surface area contributed by atoms with Crippen LogP contribution in [0.25, 0.3) is 0 Å². The number of carbonyl (C=O) groups excluding carboxylic acids is 1. The second-order valence-electron chi connectivity index (χ2n) is 8.77. The van der Waals surface area contributed by atoms with Gasteiger partial charge in [-0.25, -0.2) is 21.2 Å². The smallest absolute Gasteiger partial charge is 0.264 e. The van der Waals surface area contributed by atoms with Gasteiger partial charge >= 0.3 is 0 Å². The lowest BCUT2D eigenvalue weighted by Gasteiger charge is -2.24. The maximum Gasteiger partial charge on any atom is 0.264 e. The summed E-state index contributed by atoms with van der Waals surface area (Å²) >= 11 is 0. The summed E-state index contributed by atoms with van der Waals surface area (Å²) in [6.45, 7) is 2.93. The van der Waals surface area contributed by atoms with E-state index in [0.29, 0.717) is 9.99 Å². The van der Waals surface area contributed by atoms with Gasteiger partial charge in [0.1, 0.15) is 12.4 Å². The maximum absolute atomic E-state index is 14.6. The molecule has 0 heterocycles. The molecule has 202 valence electrons. The molecule has 1 amide bonds. The van der Waals surface area contributed by atoms with Crippen molar-refractivity contribution >= 4 is 43.0 Å². The molecule has 0 aliphatic rings. The molecule has 4 aromatic carbocycles. The molecule has 0 unspecified atom stereocenters. The van der Waals surface area contributed by atoms with Crippen LogP contribution in [0, 0.1) is 19.7 Å². The number of nitrogens with zero attached hydrogens (tertiary/aromatic N) is 1. The van der Waals surface area contributed by atoms with Crippen molar-refractivity contribution in [3.8, 4) is 0 Å². The molecule has 4 aromatic rings. The second-order valence-corrected chi connectivity index (χ2v) is 12.3. The Labute approximate surface area is 227 Å². The molecule has 0 aliphatic heterocycles. The summed E-state index contributed by atoms with van der Waals surface area (Å²) in [6, 6.07) is 23.5. The van der Waals surface area contributed by atoms with Gasteiger partial charge in [0.05, 0.1) is 21.2 Å². The predicted molar refractivity (Wildman–Crippen MR) is 149 cm³/mol. The van der Waals surface area contributed by atoms with Crippen LogP contribution in [0.3, 0.4) is 0 Å². The van der Waals surface area contributed by atoms with E-state index in [0.717, 1.165) is 17.2 Å². The molecule has 0 aromatic heterocycles. The highest BCUT2D eigenvalue weighted by Crippen LogP contribution is 2.27. The van der Waals surface area contributed by atoms with Crippen LogP contribution in [-0.2, 0) is 24.8 Å². The van der Waals surface area contributed by atoms with Crippen molar-refractivity contribution in [1.82, 2.24) is 0 Å². The minimum absolute atomic E-state index is 0.0268. The number of sulfonamides is 2. The fourth-order valence-electron chi connectivity index (χ4n) is 3.77. The SMILES string of the molecule is Cc1ccc(C)c(NS(=O)(=O)c2ccc(NC(=O)CN(c3ccccc3F)S(=O)(=O)c3ccccc3)cc2)c1. The average Bonchev–Trinajstić information content (AvgIpc) is 2.90. The van der Waals surface area contributed by atoms with Crippen LogP contribution in [0.1, 0.15) is 11.1 Å². The fourth-order valence-corrected chi connectivity index (χ4v) is 6.34. The summed E-state index contributed by atoms with van der Waals surface area (Å²) < 4.78 is 70.3. The number of nitrogens with one attached hydrogen (secondary N) is 2. The highest BCUT2D eigenvalue weighted by atomic mass is 32.2. The number of halogens is 1. The van der Waals surface area contributed by atoms with Gasteiger partial charge in [-0.1, -0.05) is 42.5 Å². The van der Waals surface area contributed by atoms with Gasteiger partial charge in [-0.05, 0) is 79.6 Å². The Kier molecular flexibility index (Phi) is 8.03. The summed E-state index contributed by atoms with van der Waals surface area (Å²) in [5, 5.41) is 2.55. The van der Waals surface area contributed by atoms with E-state index >= 15 is 0 Å². The number of anilines is 3. The quantitative estimate of drug-likeness (QED) is 0.293. The first-order chi connectivity index (χ1) is 18.5. The van der Waals surface area contributed by atoms with Gasteiger partial charge < -0.3 is 5.32 Å². The summed E-state index contributed by atoms with van der Waals surface area (Å²) in [5.74, 6) is -1.56. The van der Waals surface area contributed by atoms with Crippen molar-refractivity contribution in [2.24, 2.45) is 0 Å². The standard InChI is InChI=1S/C28H26FN3O5S2/c1-20-12-13-21(2)26(18-20)31-38(34,35)23-16-14-22(15-17-23)30-28(33)19-32(27-11-7-6-10-25(27)29)39(36,37)24-8-4-3-5-9-24/h3-18,31H,19H2,1-2H3,(H,30,33). The summed E-state index contributed by atoms with van der Waals surface area (Å²) in [5.41, 5.74) is 2.07. The molecule has 0 atom stereocenters. The van der Waals surface area contributed by atoms with Gasteiger partial charge in [-0.2, -0.15) is 0 Å². The van der Waals surface area contributed by atoms with E-state index in [1.54, 1.807) is 19.1 Å². The molecule has 4 rings (SSSR count). The summed E-state index contributed by atoms with van der Waals surface area (Å²) in [7, 11) is -8.18. The van der Waals surface area contributed by atoms with Crippen LogP contribution in [0.5, 0.6) is 0 Å². The van der Waals surface area contributed by atoms with E-state index in [2.05, 4.69) is 10.0 Å². The van der Waals surface area contributed by atoms with Crippen molar-refractivity contribution < 1.29 is 26.0 Å². The number of hydrogen-bond donors (Lipinski definition) is 2. The van der Waals surface area contributed by atoms with Crippen molar-refractivity contribution in [2.45, 2.75) is 23.6 Å². The Hall–Kier alpha value is -4.22. The van der Waals surface area contributed by atoms with Gasteiger partial charge in [0.15, 0.2) is 0 Å². The van der Waals surface area contributed by atoms with E-state index < -0.39 is 38.3 Å². The molecule has 0 saturated carbocycles. The number of benzene rings is 4. The molecular formula is C28H26FN3O5S2. The zero-order valence-electron chi connectivity index (χ0n) is 21.1. The van der Waals surface area contributed by atoms with E-state index in [1.165, 1.54) is 66.7 Å². The Balaban J connectivity index is 1.54. The van der Waals surface area contributed by atoms with Gasteiger partial charge in [0, 0.05) is 5.69 Å². The van der Waals surface area contributed by atoms with Crippen molar-refractivity contribution in [1.29, 1.82) is 0 Å². The van der Waals surface area contributed by atoms with E-state index in [4.69, 9.17) is 0 Å². The van der Waals surface area contributed by atoms with E-state index in [1.807, 2.05) is 19.1 Å². The van der Waals surface area contributed by atoms with Crippen molar-refractivity contribution in [3.63, 3.8) is 0 Å². The molecule has 2 N–H and O–H groups in total. The van der Waals surface area contributed by atoms with Crippen LogP contribution in [0.2, 0.25) is 0 Å². The van der Waals surface area contributed by atoms with Gasteiger partial charge in [-0.3, -0.25) is 13.8 Å². The number of carbonyl (C=O) groups is 1. The second kappa shape index (κ2) is 11.3. The summed E-state index contributed by atoms with van der Waals surface area (Å²) in [4.78, 5) is 12.8. The average molecular weight is 568 g/mol. The van der Waals surface area contributed by atoms with Gasteiger partial charge in [0.2, 0.25) is 5.91 Å². The molecule has 39 heavy (non-hydrogen) atoms. The molecule has 0 radical (unpaired) electrons.